The van der Waals surface area contributed by atoms with E-state index in [-0.39, 0.29) is 61.3 Å². The Morgan fingerprint density at radius 3 is 2.53 bits per heavy atom. The monoisotopic (exact) mass is 609 g/mol. The summed E-state index contributed by atoms with van der Waals surface area (Å²) >= 11 is 0. The lowest BCUT2D eigenvalue weighted by molar-refractivity contribution is -0.153. The van der Waals surface area contributed by atoms with Crippen LogP contribution in [0.25, 0.3) is 0 Å². The van der Waals surface area contributed by atoms with Crippen molar-refractivity contribution in [3.63, 3.8) is 0 Å². The molecule has 1 atom stereocenters. The summed E-state index contributed by atoms with van der Waals surface area (Å²) < 4.78 is 74.6. The average molecular weight is 610 g/mol. The van der Waals surface area contributed by atoms with Crippen LogP contribution >= 0.6 is 0 Å². The van der Waals surface area contributed by atoms with Crippen LogP contribution in [-0.4, -0.2) is 61.9 Å². The van der Waals surface area contributed by atoms with Crippen molar-refractivity contribution in [3.05, 3.63) is 59.4 Å². The van der Waals surface area contributed by atoms with Gasteiger partial charge in [-0.05, 0) is 56.4 Å². The molecule has 9 nitrogen and oxygen atoms in total. The van der Waals surface area contributed by atoms with Gasteiger partial charge in [0, 0.05) is 49.0 Å². The van der Waals surface area contributed by atoms with Gasteiger partial charge in [-0.15, -0.1) is 0 Å². The predicted octanol–water partition coefficient (Wildman–Crippen LogP) is 4.92. The molecule has 1 aliphatic heterocycles. The van der Waals surface area contributed by atoms with Crippen LogP contribution in [0.1, 0.15) is 37.7 Å². The van der Waals surface area contributed by atoms with E-state index in [9.17, 15) is 31.5 Å². The van der Waals surface area contributed by atoms with Crippen LogP contribution in [0.4, 0.5) is 27.8 Å². The first kappa shape index (κ1) is 31.7. The molecule has 1 unspecified atom stereocenters. The SMILES string of the molecule is C=NN(/C(C(=O)NCC1(C(F)F)CC1)=C1\CCC(CCOc2cccc(OCC(F)(F)F)c2)NC1=O)c1ccc(C)cn1. The number of anilines is 1. The summed E-state index contributed by atoms with van der Waals surface area (Å²) in [6.07, 6.45) is -3.98. The molecule has 14 heteroatoms. The summed E-state index contributed by atoms with van der Waals surface area (Å²) in [5.74, 6) is -0.762. The number of pyridine rings is 1. The van der Waals surface area contributed by atoms with Gasteiger partial charge in [0.25, 0.3) is 5.91 Å². The minimum absolute atomic E-state index is 0.00554. The number of ether oxygens (including phenoxy) is 2. The summed E-state index contributed by atoms with van der Waals surface area (Å²) in [5, 5.41) is 10.5. The number of carbonyl (C=O) groups excluding carboxylic acids is 2. The number of carbonyl (C=O) groups is 2. The number of hydrazone groups is 1. The van der Waals surface area contributed by atoms with Crippen molar-refractivity contribution < 1.29 is 41.0 Å². The van der Waals surface area contributed by atoms with Gasteiger partial charge in [-0.25, -0.2) is 18.8 Å². The Bertz CT molecular complexity index is 1350. The lowest BCUT2D eigenvalue weighted by atomic mass is 9.95. The number of amides is 2. The van der Waals surface area contributed by atoms with Crippen LogP contribution in [0.15, 0.2) is 59.0 Å². The second-order valence-electron chi connectivity index (χ2n) is 10.5. The van der Waals surface area contributed by atoms with Gasteiger partial charge in [-0.1, -0.05) is 12.1 Å². The predicted molar refractivity (Wildman–Crippen MR) is 148 cm³/mol. The molecule has 1 saturated heterocycles. The third-order valence-electron chi connectivity index (χ3n) is 7.22. The quantitative estimate of drug-likeness (QED) is 0.145. The second kappa shape index (κ2) is 13.4. The molecule has 2 amide bonds. The molecular formula is C29H32F5N5O4. The van der Waals surface area contributed by atoms with E-state index in [2.05, 4.69) is 27.4 Å². The van der Waals surface area contributed by atoms with Gasteiger partial charge in [0.2, 0.25) is 12.3 Å². The van der Waals surface area contributed by atoms with E-state index < -0.39 is 36.4 Å². The van der Waals surface area contributed by atoms with Crippen LogP contribution < -0.4 is 25.1 Å². The van der Waals surface area contributed by atoms with Gasteiger partial charge >= 0.3 is 6.18 Å². The zero-order valence-corrected chi connectivity index (χ0v) is 23.4. The van der Waals surface area contributed by atoms with E-state index in [1.165, 1.54) is 18.2 Å². The summed E-state index contributed by atoms with van der Waals surface area (Å²) in [7, 11) is 0. The lowest BCUT2D eigenvalue weighted by Crippen LogP contribution is -2.45. The summed E-state index contributed by atoms with van der Waals surface area (Å²) in [5.41, 5.74) is -0.482. The van der Waals surface area contributed by atoms with Gasteiger partial charge in [0.05, 0.1) is 6.61 Å². The third-order valence-corrected chi connectivity index (χ3v) is 7.22. The van der Waals surface area contributed by atoms with Gasteiger partial charge in [0.1, 0.15) is 17.2 Å². The molecule has 2 heterocycles. The van der Waals surface area contributed by atoms with E-state index in [4.69, 9.17) is 9.47 Å². The number of benzene rings is 1. The number of aryl methyl sites for hydroxylation is 1. The maximum atomic E-state index is 13.5. The third kappa shape index (κ3) is 8.42. The van der Waals surface area contributed by atoms with Crippen LogP contribution in [0.3, 0.4) is 0 Å². The lowest BCUT2D eigenvalue weighted by Gasteiger charge is -2.29. The van der Waals surface area contributed by atoms with Gasteiger partial charge in [-0.2, -0.15) is 18.3 Å². The van der Waals surface area contributed by atoms with Crippen molar-refractivity contribution in [1.29, 1.82) is 0 Å². The largest absolute Gasteiger partial charge is 0.493 e. The number of halogens is 5. The highest BCUT2D eigenvalue weighted by Gasteiger charge is 2.51. The molecule has 2 aliphatic rings. The smallest absolute Gasteiger partial charge is 0.422 e. The Labute approximate surface area is 245 Å². The molecule has 2 fully saturated rings. The zero-order valence-electron chi connectivity index (χ0n) is 23.4. The molecule has 2 aromatic rings. The van der Waals surface area contributed by atoms with Crippen molar-refractivity contribution in [2.75, 3.05) is 24.8 Å². The topological polar surface area (TPSA) is 105 Å². The van der Waals surface area contributed by atoms with Crippen molar-refractivity contribution in [2.24, 2.45) is 10.5 Å². The highest BCUT2D eigenvalue weighted by Crippen LogP contribution is 2.50. The first-order chi connectivity index (χ1) is 20.4. The number of nitrogens with zero attached hydrogens (tertiary/aromatic N) is 3. The molecule has 4 rings (SSSR count). The first-order valence-corrected chi connectivity index (χ1v) is 13.6. The Hall–Kier alpha value is -4.23. The molecule has 0 spiro atoms. The minimum atomic E-state index is -4.47. The fourth-order valence-corrected chi connectivity index (χ4v) is 4.53. The first-order valence-electron chi connectivity index (χ1n) is 13.6. The maximum Gasteiger partial charge on any atom is 0.422 e. The Morgan fingerprint density at radius 1 is 1.23 bits per heavy atom. The van der Waals surface area contributed by atoms with Gasteiger partial charge in [0.15, 0.2) is 12.4 Å². The zero-order chi connectivity index (χ0) is 31.2. The van der Waals surface area contributed by atoms with Gasteiger partial charge < -0.3 is 20.1 Å². The van der Waals surface area contributed by atoms with Crippen LogP contribution in [0.5, 0.6) is 11.5 Å². The molecule has 2 N–H and O–H groups in total. The second-order valence-corrected chi connectivity index (χ2v) is 10.5. The highest BCUT2D eigenvalue weighted by molar-refractivity contribution is 6.07. The fourth-order valence-electron chi connectivity index (χ4n) is 4.53. The van der Waals surface area contributed by atoms with E-state index in [0.29, 0.717) is 18.6 Å². The number of hydrogen-bond donors (Lipinski definition) is 2. The highest BCUT2D eigenvalue weighted by atomic mass is 19.4. The average Bonchev–Trinajstić information content (AvgIpc) is 3.76. The molecule has 1 aromatic heterocycles. The van der Waals surface area contributed by atoms with Crippen LogP contribution in [0.2, 0.25) is 0 Å². The summed E-state index contributed by atoms with van der Waals surface area (Å²) in [6, 6.07) is 8.81. The standard InChI is InChI=1S/C29H32F5N5O4/c1-18-6-9-23(36-15-18)39(35-2)24(26(41)37-16-28(11-12-28)27(30)31)22-8-7-19(38-25(22)40)10-13-42-20-4-3-5-21(14-20)43-17-29(32,33)34/h3-6,9,14-15,19,27H,2,7-8,10-13,16-17H2,1H3,(H,37,41)(H,38,40)/b24-22+. The Morgan fingerprint density at radius 2 is 1.95 bits per heavy atom. The van der Waals surface area contributed by atoms with Gasteiger partial charge in [-0.3, -0.25) is 9.59 Å². The molecule has 1 saturated carbocycles. The Kier molecular flexibility index (Phi) is 9.87. The molecule has 0 radical (unpaired) electrons. The fraction of sp³-hybridized carbons (Fsp3) is 0.448. The molecule has 232 valence electrons. The number of nitrogens with one attached hydrogen (secondary N) is 2. The normalized spacial score (nSPS) is 18.9. The number of piperidine rings is 1. The van der Waals surface area contributed by atoms with Crippen LogP contribution in [0, 0.1) is 12.3 Å². The summed E-state index contributed by atoms with van der Waals surface area (Å²) in [6.45, 7) is 3.82. The van der Waals surface area contributed by atoms with E-state index >= 15 is 0 Å². The number of hydrogen-bond acceptors (Lipinski definition) is 7. The van der Waals surface area contributed by atoms with Crippen molar-refractivity contribution >= 4 is 24.3 Å². The molecule has 1 aliphatic carbocycles. The van der Waals surface area contributed by atoms with Crippen molar-refractivity contribution in [1.82, 2.24) is 15.6 Å². The van der Waals surface area contributed by atoms with E-state index in [0.717, 1.165) is 10.6 Å². The minimum Gasteiger partial charge on any atom is -0.493 e. The molecule has 1 aromatic carbocycles. The number of alkyl halides is 5. The molecular weight excluding hydrogens is 577 g/mol. The van der Waals surface area contributed by atoms with E-state index in [1.54, 1.807) is 24.4 Å². The number of aromatic nitrogens is 1. The van der Waals surface area contributed by atoms with Crippen LogP contribution in [-0.2, 0) is 9.59 Å². The number of rotatable bonds is 13. The van der Waals surface area contributed by atoms with Crippen molar-refractivity contribution in [2.45, 2.75) is 57.7 Å². The maximum absolute atomic E-state index is 13.5. The molecule has 0 bridgehead atoms. The van der Waals surface area contributed by atoms with Crippen molar-refractivity contribution in [3.8, 4) is 11.5 Å². The Balaban J connectivity index is 1.44. The van der Waals surface area contributed by atoms with E-state index in [1.807, 2.05) is 6.92 Å². The summed E-state index contributed by atoms with van der Waals surface area (Å²) in [4.78, 5) is 31.0. The molecule has 43 heavy (non-hydrogen) atoms.